The fraction of sp³-hybridized carbons (Fsp3) is 0.400. The van der Waals surface area contributed by atoms with E-state index in [9.17, 15) is 14.4 Å². The van der Waals surface area contributed by atoms with Gasteiger partial charge in [0.2, 0.25) is 0 Å². The molecule has 1 amide bonds. The van der Waals surface area contributed by atoms with Crippen molar-refractivity contribution in [3.8, 4) is 11.1 Å². The van der Waals surface area contributed by atoms with E-state index in [2.05, 4.69) is 0 Å². The number of likely N-dealkylation sites (tertiary alicyclic amines) is 1. The first-order valence-electron chi connectivity index (χ1n) is 10.6. The summed E-state index contributed by atoms with van der Waals surface area (Å²) < 4.78 is 10.6. The Labute approximate surface area is 183 Å². The first-order chi connectivity index (χ1) is 14.7. The average molecular weight is 424 g/mol. The molecule has 6 heteroatoms. The minimum Gasteiger partial charge on any atom is -0.457 e. The van der Waals surface area contributed by atoms with E-state index in [4.69, 9.17) is 9.47 Å². The molecule has 0 aliphatic carbocycles. The maximum atomic E-state index is 12.4. The molecule has 1 saturated heterocycles. The van der Waals surface area contributed by atoms with E-state index in [-0.39, 0.29) is 24.4 Å². The molecule has 1 aliphatic rings. The molecule has 0 unspecified atom stereocenters. The number of amides is 1. The van der Waals surface area contributed by atoms with Crippen LogP contribution in [0.25, 0.3) is 11.1 Å². The van der Waals surface area contributed by atoms with Crippen molar-refractivity contribution in [1.82, 2.24) is 4.90 Å². The van der Waals surface area contributed by atoms with Gasteiger partial charge in [-0.2, -0.15) is 0 Å². The van der Waals surface area contributed by atoms with Crippen LogP contribution in [-0.4, -0.2) is 48.0 Å². The Balaban J connectivity index is 1.45. The Hall–Kier alpha value is -3.15. The topological polar surface area (TPSA) is 72.9 Å². The molecule has 164 valence electrons. The van der Waals surface area contributed by atoms with Gasteiger partial charge in [-0.25, -0.2) is 4.79 Å². The zero-order chi connectivity index (χ0) is 22.4. The summed E-state index contributed by atoms with van der Waals surface area (Å²) in [5.41, 5.74) is 2.05. The van der Waals surface area contributed by atoms with E-state index in [0.717, 1.165) is 11.1 Å². The Morgan fingerprint density at radius 3 is 2.06 bits per heavy atom. The van der Waals surface area contributed by atoms with E-state index in [1.54, 1.807) is 17.0 Å². The number of carbonyl (C=O) groups excluding carboxylic acids is 3. The number of rotatable bonds is 5. The quantitative estimate of drug-likeness (QED) is 0.514. The molecule has 31 heavy (non-hydrogen) atoms. The van der Waals surface area contributed by atoms with Crippen molar-refractivity contribution < 1.29 is 23.9 Å². The smallest absolute Gasteiger partial charge is 0.410 e. The number of Topliss-reactive ketones (excluding diaryl/α,β-unsaturated/α-hetero) is 1. The molecule has 2 aromatic rings. The molecular formula is C25H29NO5. The van der Waals surface area contributed by atoms with E-state index >= 15 is 0 Å². The van der Waals surface area contributed by atoms with Gasteiger partial charge in [-0.05, 0) is 44.7 Å². The van der Waals surface area contributed by atoms with Crippen molar-refractivity contribution in [2.75, 3.05) is 19.7 Å². The van der Waals surface area contributed by atoms with Gasteiger partial charge in [-0.3, -0.25) is 9.59 Å². The third kappa shape index (κ3) is 6.41. The van der Waals surface area contributed by atoms with Gasteiger partial charge < -0.3 is 14.4 Å². The van der Waals surface area contributed by atoms with Crippen LogP contribution in [-0.2, 0) is 14.3 Å². The van der Waals surface area contributed by atoms with Gasteiger partial charge in [0, 0.05) is 18.7 Å². The first-order valence-corrected chi connectivity index (χ1v) is 10.6. The average Bonchev–Trinajstić information content (AvgIpc) is 2.77. The molecule has 0 atom stereocenters. The van der Waals surface area contributed by atoms with E-state index < -0.39 is 11.6 Å². The molecule has 0 spiro atoms. The third-order valence-electron chi connectivity index (χ3n) is 5.14. The van der Waals surface area contributed by atoms with Crippen LogP contribution in [0, 0.1) is 5.92 Å². The summed E-state index contributed by atoms with van der Waals surface area (Å²) in [6.07, 6.45) is 0.629. The summed E-state index contributed by atoms with van der Waals surface area (Å²) in [6.45, 7) is 6.05. The van der Waals surface area contributed by atoms with Crippen LogP contribution < -0.4 is 0 Å². The van der Waals surface area contributed by atoms with Gasteiger partial charge in [-0.15, -0.1) is 0 Å². The molecular weight excluding hydrogens is 394 g/mol. The fourth-order valence-electron chi connectivity index (χ4n) is 3.44. The largest absolute Gasteiger partial charge is 0.457 e. The van der Waals surface area contributed by atoms with Gasteiger partial charge in [0.1, 0.15) is 5.60 Å². The van der Waals surface area contributed by atoms with Gasteiger partial charge in [0.05, 0.1) is 5.92 Å². The van der Waals surface area contributed by atoms with E-state index in [0.29, 0.717) is 31.5 Å². The number of ketones is 1. The summed E-state index contributed by atoms with van der Waals surface area (Å²) in [4.78, 5) is 38.5. The van der Waals surface area contributed by atoms with Crippen LogP contribution in [0.15, 0.2) is 54.6 Å². The van der Waals surface area contributed by atoms with Crippen molar-refractivity contribution in [3.63, 3.8) is 0 Å². The summed E-state index contributed by atoms with van der Waals surface area (Å²) in [5.74, 6) is -0.941. The molecule has 2 aromatic carbocycles. The highest BCUT2D eigenvalue weighted by Gasteiger charge is 2.31. The molecule has 0 radical (unpaired) electrons. The maximum absolute atomic E-state index is 12.4. The van der Waals surface area contributed by atoms with Crippen LogP contribution in [0.3, 0.4) is 0 Å². The zero-order valence-electron chi connectivity index (χ0n) is 18.3. The van der Waals surface area contributed by atoms with Crippen LogP contribution in [0.5, 0.6) is 0 Å². The number of benzene rings is 2. The Kier molecular flexibility index (Phi) is 7.10. The van der Waals surface area contributed by atoms with Crippen LogP contribution in [0.1, 0.15) is 44.0 Å². The van der Waals surface area contributed by atoms with Crippen molar-refractivity contribution in [2.45, 2.75) is 39.2 Å². The molecule has 1 heterocycles. The standard InChI is InChI=1S/C25H29NO5/c1-25(2,3)31-24(29)26-15-13-21(14-16-26)23(28)30-17-22(27)20-11-9-19(10-12-20)18-7-5-4-6-8-18/h4-12,21H,13-17H2,1-3H3. The number of carbonyl (C=O) groups is 3. The van der Waals surface area contributed by atoms with Gasteiger partial charge in [-0.1, -0.05) is 54.6 Å². The zero-order valence-corrected chi connectivity index (χ0v) is 18.3. The predicted molar refractivity (Wildman–Crippen MR) is 118 cm³/mol. The van der Waals surface area contributed by atoms with Gasteiger partial charge in [0.25, 0.3) is 0 Å². The van der Waals surface area contributed by atoms with Crippen molar-refractivity contribution >= 4 is 17.8 Å². The molecule has 3 rings (SSSR count). The molecule has 0 saturated carbocycles. The highest BCUT2D eigenvalue weighted by molar-refractivity contribution is 5.98. The molecule has 1 fully saturated rings. The predicted octanol–water partition coefficient (Wildman–Crippen LogP) is 4.73. The molecule has 6 nitrogen and oxygen atoms in total. The van der Waals surface area contributed by atoms with Crippen molar-refractivity contribution in [1.29, 1.82) is 0 Å². The van der Waals surface area contributed by atoms with Crippen LogP contribution >= 0.6 is 0 Å². The second-order valence-corrected chi connectivity index (χ2v) is 8.72. The Morgan fingerprint density at radius 1 is 0.903 bits per heavy atom. The number of hydrogen-bond acceptors (Lipinski definition) is 5. The number of nitrogens with zero attached hydrogens (tertiary/aromatic N) is 1. The molecule has 0 N–H and O–H groups in total. The molecule has 0 aromatic heterocycles. The minimum absolute atomic E-state index is 0.237. The third-order valence-corrected chi connectivity index (χ3v) is 5.14. The Morgan fingerprint density at radius 2 is 1.48 bits per heavy atom. The first kappa shape index (κ1) is 22.5. The van der Waals surface area contributed by atoms with Gasteiger partial charge in [0.15, 0.2) is 12.4 Å². The number of ether oxygens (including phenoxy) is 2. The SMILES string of the molecule is CC(C)(C)OC(=O)N1CCC(C(=O)OCC(=O)c2ccc(-c3ccccc3)cc2)CC1. The van der Waals surface area contributed by atoms with Crippen molar-refractivity contribution in [2.24, 2.45) is 5.92 Å². The summed E-state index contributed by atoms with van der Waals surface area (Å²) in [6, 6.07) is 17.2. The van der Waals surface area contributed by atoms with E-state index in [1.807, 2.05) is 63.2 Å². The highest BCUT2D eigenvalue weighted by Crippen LogP contribution is 2.22. The normalized spacial score (nSPS) is 14.7. The summed E-state index contributed by atoms with van der Waals surface area (Å²) in [7, 11) is 0. The lowest BCUT2D eigenvalue weighted by Gasteiger charge is -2.32. The lowest BCUT2D eigenvalue weighted by Crippen LogP contribution is -2.43. The number of hydrogen-bond donors (Lipinski definition) is 0. The maximum Gasteiger partial charge on any atom is 0.410 e. The monoisotopic (exact) mass is 423 g/mol. The summed E-state index contributed by atoms with van der Waals surface area (Å²) >= 11 is 0. The second kappa shape index (κ2) is 9.77. The number of piperidine rings is 1. The van der Waals surface area contributed by atoms with Crippen molar-refractivity contribution in [3.05, 3.63) is 60.2 Å². The summed E-state index contributed by atoms with van der Waals surface area (Å²) in [5, 5.41) is 0. The second-order valence-electron chi connectivity index (χ2n) is 8.72. The van der Waals surface area contributed by atoms with Gasteiger partial charge >= 0.3 is 12.1 Å². The fourth-order valence-corrected chi connectivity index (χ4v) is 3.44. The van der Waals surface area contributed by atoms with Crippen LogP contribution in [0.2, 0.25) is 0 Å². The van der Waals surface area contributed by atoms with Crippen LogP contribution in [0.4, 0.5) is 4.79 Å². The minimum atomic E-state index is -0.549. The molecule has 0 bridgehead atoms. The lowest BCUT2D eigenvalue weighted by atomic mass is 9.97. The lowest BCUT2D eigenvalue weighted by molar-refractivity contribution is -0.149. The Bertz CT molecular complexity index is 907. The molecule has 1 aliphatic heterocycles. The van der Waals surface area contributed by atoms with E-state index in [1.165, 1.54) is 0 Å². The number of esters is 1. The highest BCUT2D eigenvalue weighted by atomic mass is 16.6.